The van der Waals surface area contributed by atoms with E-state index in [0.29, 0.717) is 0 Å². The number of aromatic hydroxyl groups is 1. The molecule has 4 nitrogen and oxygen atoms in total. The van der Waals surface area contributed by atoms with Crippen molar-refractivity contribution in [2.24, 2.45) is 0 Å². The van der Waals surface area contributed by atoms with Crippen molar-refractivity contribution in [2.45, 2.75) is 13.8 Å². The summed E-state index contributed by atoms with van der Waals surface area (Å²) in [4.78, 5) is 10.1. The molecule has 0 saturated heterocycles. The summed E-state index contributed by atoms with van der Waals surface area (Å²) in [5.41, 5.74) is 2.88. The molecule has 2 N–H and O–H groups in total. The third-order valence-corrected chi connectivity index (χ3v) is 4.61. The predicted octanol–water partition coefficient (Wildman–Crippen LogP) is 5.49. The molecule has 3 aromatic rings. The van der Waals surface area contributed by atoms with Gasteiger partial charge in [-0.3, -0.25) is 0 Å². The van der Waals surface area contributed by atoms with Gasteiger partial charge in [0, 0.05) is 11.1 Å². The lowest BCUT2D eigenvalue weighted by atomic mass is 10.3. The van der Waals surface area contributed by atoms with Gasteiger partial charge in [0.1, 0.15) is 5.75 Å². The van der Waals surface area contributed by atoms with Crippen LogP contribution >= 0.6 is 56.6 Å². The maximum atomic E-state index is 9.26. The molecule has 0 aliphatic heterocycles. The Morgan fingerprint density at radius 3 is 2.32 bits per heavy atom. The summed E-state index contributed by atoms with van der Waals surface area (Å²) in [6.07, 6.45) is 0. The van der Waals surface area contributed by atoms with Crippen molar-refractivity contribution < 1.29 is 5.11 Å². The van der Waals surface area contributed by atoms with Crippen LogP contribution < -0.4 is 5.32 Å². The molecule has 0 unspecified atom stereocenters. The van der Waals surface area contributed by atoms with Crippen LogP contribution in [-0.2, 0) is 0 Å². The minimum Gasteiger partial charge on any atom is -0.508 e. The fourth-order valence-corrected chi connectivity index (χ4v) is 3.55. The minimum atomic E-state index is 0. The Morgan fingerprint density at radius 1 is 1.05 bits per heavy atom. The van der Waals surface area contributed by atoms with Crippen LogP contribution in [0.3, 0.4) is 0 Å². The topological polar surface area (TPSA) is 58.0 Å². The van der Waals surface area contributed by atoms with Gasteiger partial charge in [0.2, 0.25) is 0 Å². The van der Waals surface area contributed by atoms with E-state index in [1.807, 2.05) is 31.4 Å². The van der Waals surface area contributed by atoms with Crippen molar-refractivity contribution in [3.8, 4) is 16.3 Å². The van der Waals surface area contributed by atoms with Crippen LogP contribution in [0.25, 0.3) is 10.6 Å². The molecule has 0 saturated carbocycles. The van der Waals surface area contributed by atoms with E-state index in [1.54, 1.807) is 34.8 Å². The van der Waals surface area contributed by atoms with E-state index in [4.69, 9.17) is 0 Å². The molecule has 2 aromatic heterocycles. The van der Waals surface area contributed by atoms with Crippen molar-refractivity contribution in [1.29, 1.82) is 0 Å². The smallest absolute Gasteiger partial charge is 0.187 e. The van der Waals surface area contributed by atoms with Gasteiger partial charge in [-0.05, 0) is 38.1 Å². The summed E-state index contributed by atoms with van der Waals surface area (Å²) < 4.78 is 0. The highest BCUT2D eigenvalue weighted by atomic mass is 79.9. The maximum Gasteiger partial charge on any atom is 0.187 e. The van der Waals surface area contributed by atoms with Crippen LogP contribution in [-0.4, -0.2) is 15.1 Å². The third kappa shape index (κ3) is 4.28. The fourth-order valence-electron chi connectivity index (χ4n) is 1.87. The molecule has 0 radical (unpaired) electrons. The van der Waals surface area contributed by atoms with E-state index in [2.05, 4.69) is 15.3 Å². The van der Waals surface area contributed by atoms with Gasteiger partial charge in [0.05, 0.1) is 21.3 Å². The second-order valence-corrected chi connectivity index (χ2v) is 6.42. The van der Waals surface area contributed by atoms with Crippen molar-refractivity contribution in [3.63, 3.8) is 0 Å². The van der Waals surface area contributed by atoms with Gasteiger partial charge in [-0.25, -0.2) is 9.97 Å². The molecule has 2 heterocycles. The zero-order valence-corrected chi connectivity index (χ0v) is 16.9. The molecule has 1 aromatic carbocycles. The Hall–Kier alpha value is -0.960. The van der Waals surface area contributed by atoms with Crippen LogP contribution in [0.4, 0.5) is 10.8 Å². The Morgan fingerprint density at radius 2 is 1.73 bits per heavy atom. The molecule has 0 bridgehead atoms. The molecule has 8 heteroatoms. The number of nitrogens with one attached hydrogen (secondary N) is 1. The average Bonchev–Trinajstić information content (AvgIpc) is 2.99. The van der Waals surface area contributed by atoms with Gasteiger partial charge in [-0.1, -0.05) is 0 Å². The Balaban J connectivity index is 0.00000121. The first-order valence-corrected chi connectivity index (χ1v) is 7.77. The number of hydrogen-bond acceptors (Lipinski definition) is 6. The summed E-state index contributed by atoms with van der Waals surface area (Å²) >= 11 is 3.22. The minimum absolute atomic E-state index is 0. The van der Waals surface area contributed by atoms with E-state index < -0.39 is 0 Å². The first-order valence-electron chi connectivity index (χ1n) is 6.08. The zero-order chi connectivity index (χ0) is 14.1. The second kappa shape index (κ2) is 8.05. The fraction of sp³-hybridized carbons (Fsp3) is 0.143. The normalized spacial score (nSPS) is 9.73. The number of phenols is 1. The lowest BCUT2D eigenvalue weighted by Gasteiger charge is -2.01. The van der Waals surface area contributed by atoms with E-state index in [9.17, 15) is 5.11 Å². The largest absolute Gasteiger partial charge is 0.508 e. The van der Waals surface area contributed by atoms with E-state index in [0.717, 1.165) is 32.1 Å². The van der Waals surface area contributed by atoms with Crippen molar-refractivity contribution >= 4 is 67.5 Å². The molecule has 0 spiro atoms. The number of aromatic nitrogens is 2. The summed E-state index contributed by atoms with van der Waals surface area (Å²) in [5, 5.41) is 16.4. The zero-order valence-electron chi connectivity index (χ0n) is 11.9. The third-order valence-electron chi connectivity index (χ3n) is 2.76. The number of aryl methyl sites for hydroxylation is 2. The first kappa shape index (κ1) is 19.1. The SMILES string of the molecule is Br.Br.Cc1nc(C)c(-c2csc(Nc3ccc(O)cc3)n2)s1. The highest BCUT2D eigenvalue weighted by Crippen LogP contribution is 2.33. The molecule has 0 aliphatic carbocycles. The lowest BCUT2D eigenvalue weighted by Crippen LogP contribution is -1.88. The van der Waals surface area contributed by atoms with Crippen LogP contribution in [0.1, 0.15) is 10.7 Å². The van der Waals surface area contributed by atoms with E-state index in [1.165, 1.54) is 0 Å². The molecule has 0 aliphatic rings. The molecular formula is C14H15Br2N3OS2. The molecule has 0 fully saturated rings. The molecule has 0 amide bonds. The lowest BCUT2D eigenvalue weighted by molar-refractivity contribution is 0.475. The van der Waals surface area contributed by atoms with Gasteiger partial charge >= 0.3 is 0 Å². The van der Waals surface area contributed by atoms with E-state index in [-0.39, 0.29) is 39.7 Å². The molecule has 22 heavy (non-hydrogen) atoms. The number of benzene rings is 1. The van der Waals surface area contributed by atoms with Gasteiger partial charge < -0.3 is 10.4 Å². The number of phenolic OH excluding ortho intramolecular Hbond substituents is 1. The number of thiazole rings is 2. The van der Waals surface area contributed by atoms with Crippen molar-refractivity contribution in [3.05, 3.63) is 40.3 Å². The number of hydrogen-bond donors (Lipinski definition) is 2. The summed E-state index contributed by atoms with van der Waals surface area (Å²) in [5.74, 6) is 0.256. The second-order valence-electron chi connectivity index (χ2n) is 4.36. The number of nitrogens with zero attached hydrogens (tertiary/aromatic N) is 2. The van der Waals surface area contributed by atoms with Gasteiger partial charge in [0.15, 0.2) is 5.13 Å². The van der Waals surface area contributed by atoms with Crippen LogP contribution in [0.2, 0.25) is 0 Å². The summed E-state index contributed by atoms with van der Waals surface area (Å²) in [6.45, 7) is 4.01. The predicted molar refractivity (Wildman–Crippen MR) is 105 cm³/mol. The first-order chi connectivity index (χ1) is 9.61. The van der Waals surface area contributed by atoms with Crippen molar-refractivity contribution in [2.75, 3.05) is 5.32 Å². The van der Waals surface area contributed by atoms with Crippen LogP contribution in [0.5, 0.6) is 5.75 Å². The highest BCUT2D eigenvalue weighted by molar-refractivity contribution is 8.93. The summed E-state index contributed by atoms with van der Waals surface area (Å²) in [6, 6.07) is 6.93. The Labute approximate surface area is 157 Å². The monoisotopic (exact) mass is 463 g/mol. The van der Waals surface area contributed by atoms with Crippen LogP contribution in [0, 0.1) is 13.8 Å². The average molecular weight is 465 g/mol. The number of halogens is 2. The van der Waals surface area contributed by atoms with Crippen LogP contribution in [0.15, 0.2) is 29.6 Å². The quantitative estimate of drug-likeness (QED) is 0.503. The standard InChI is InChI=1S/C14H13N3OS2.2BrH/c1-8-13(20-9(2)15-8)12-7-19-14(17-12)16-10-3-5-11(18)6-4-10;;/h3-7,18H,1-2H3,(H,16,17);2*1H. The molecule has 0 atom stereocenters. The number of anilines is 2. The van der Waals surface area contributed by atoms with Gasteiger partial charge in [-0.2, -0.15) is 0 Å². The van der Waals surface area contributed by atoms with E-state index >= 15 is 0 Å². The Bertz CT molecular complexity index is 741. The van der Waals surface area contributed by atoms with Gasteiger partial charge in [-0.15, -0.1) is 56.6 Å². The maximum absolute atomic E-state index is 9.26. The molecule has 3 rings (SSSR count). The molecule has 118 valence electrons. The van der Waals surface area contributed by atoms with Gasteiger partial charge in [0.25, 0.3) is 0 Å². The van der Waals surface area contributed by atoms with Crippen molar-refractivity contribution in [1.82, 2.24) is 9.97 Å². The molecular weight excluding hydrogens is 450 g/mol. The number of rotatable bonds is 3. The highest BCUT2D eigenvalue weighted by Gasteiger charge is 2.11. The Kier molecular flexibility index (Phi) is 6.98. The summed E-state index contributed by atoms with van der Waals surface area (Å²) in [7, 11) is 0.